The van der Waals surface area contributed by atoms with E-state index in [0.717, 1.165) is 5.52 Å². The molecule has 1 aliphatic rings. The van der Waals surface area contributed by atoms with Crippen LogP contribution in [-0.4, -0.2) is 69.7 Å². The lowest BCUT2D eigenvalue weighted by atomic mass is 10.0. The monoisotopic (exact) mass is 486 g/mol. The molecule has 3 aromatic heterocycles. The molecule has 0 bridgehead atoms. The third-order valence-electron chi connectivity index (χ3n) is 5.70. The number of ether oxygens (including phenoxy) is 1. The molecule has 0 radical (unpaired) electrons. The van der Waals surface area contributed by atoms with E-state index in [1.165, 1.54) is 20.0 Å². The minimum Gasteiger partial charge on any atom is -0.387 e. The molecular formula is C24H28F2N6O3. The molecule has 1 saturated heterocycles. The first-order valence-corrected chi connectivity index (χ1v) is 11.3. The van der Waals surface area contributed by atoms with Gasteiger partial charge in [-0.15, -0.1) is 0 Å². The van der Waals surface area contributed by atoms with E-state index >= 15 is 0 Å². The van der Waals surface area contributed by atoms with Crippen molar-refractivity contribution in [1.29, 1.82) is 0 Å². The third kappa shape index (κ3) is 6.17. The van der Waals surface area contributed by atoms with Crippen LogP contribution >= 0.6 is 0 Å². The van der Waals surface area contributed by atoms with Crippen molar-refractivity contribution in [2.24, 2.45) is 0 Å². The summed E-state index contributed by atoms with van der Waals surface area (Å²) in [6, 6.07) is 8.19. The molecule has 0 saturated carbocycles. The zero-order chi connectivity index (χ0) is 25.0. The first-order valence-electron chi connectivity index (χ1n) is 11.3. The van der Waals surface area contributed by atoms with Crippen LogP contribution in [0.25, 0.3) is 11.0 Å². The number of carbonyl (C=O) groups excluding carboxylic acids is 1. The Balaban J connectivity index is 1.58. The highest BCUT2D eigenvalue weighted by atomic mass is 19.1. The van der Waals surface area contributed by atoms with Crippen LogP contribution in [0.5, 0.6) is 0 Å². The average Bonchev–Trinajstić information content (AvgIpc) is 2.83. The summed E-state index contributed by atoms with van der Waals surface area (Å²) in [6.45, 7) is 2.60. The van der Waals surface area contributed by atoms with E-state index in [-0.39, 0.29) is 18.7 Å². The summed E-state index contributed by atoms with van der Waals surface area (Å²) in [5, 5.41) is 18.4. The van der Waals surface area contributed by atoms with Gasteiger partial charge >= 0.3 is 0 Å². The topological polar surface area (TPSA) is 121 Å². The van der Waals surface area contributed by atoms with E-state index in [0.29, 0.717) is 35.9 Å². The maximum absolute atomic E-state index is 14.4. The Kier molecular flexibility index (Phi) is 7.37. The fourth-order valence-corrected chi connectivity index (χ4v) is 3.57. The van der Waals surface area contributed by atoms with Gasteiger partial charge < -0.3 is 25.8 Å². The number of halogens is 2. The van der Waals surface area contributed by atoms with E-state index in [9.17, 15) is 18.7 Å². The fourth-order valence-electron chi connectivity index (χ4n) is 3.57. The molecule has 1 aliphatic heterocycles. The minimum atomic E-state index is -1.67. The van der Waals surface area contributed by atoms with Crippen LogP contribution in [0.3, 0.4) is 0 Å². The van der Waals surface area contributed by atoms with Crippen LogP contribution in [0.4, 0.5) is 26.1 Å². The molecule has 1 amide bonds. The Hall–Kier alpha value is -3.44. The first-order chi connectivity index (χ1) is 16.7. The van der Waals surface area contributed by atoms with Crippen LogP contribution in [0, 0.1) is 0 Å². The van der Waals surface area contributed by atoms with Gasteiger partial charge in [0.25, 0.3) is 5.91 Å². The van der Waals surface area contributed by atoms with Gasteiger partial charge in [0.15, 0.2) is 0 Å². The SMILES string of the molecule is CC(C)(O)C(F)CNC(=O)c1cnc(Nc2ccc3ncccc3n2)cc1NC1CCOCC1F. The van der Waals surface area contributed by atoms with E-state index in [1.54, 1.807) is 24.4 Å². The second-order valence-corrected chi connectivity index (χ2v) is 8.94. The first kappa shape index (κ1) is 24.7. The number of rotatable bonds is 8. The van der Waals surface area contributed by atoms with Crippen LogP contribution in [-0.2, 0) is 4.74 Å². The van der Waals surface area contributed by atoms with Crippen molar-refractivity contribution < 1.29 is 23.4 Å². The van der Waals surface area contributed by atoms with Gasteiger partial charge in [-0.2, -0.15) is 0 Å². The molecule has 35 heavy (non-hydrogen) atoms. The number of aliphatic hydroxyl groups is 1. The fraction of sp³-hybridized carbons (Fsp3) is 0.417. The van der Waals surface area contributed by atoms with Gasteiger partial charge in [-0.05, 0) is 44.5 Å². The van der Waals surface area contributed by atoms with Crippen LogP contribution in [0.1, 0.15) is 30.6 Å². The van der Waals surface area contributed by atoms with Gasteiger partial charge in [-0.3, -0.25) is 9.78 Å². The predicted molar refractivity (Wildman–Crippen MR) is 128 cm³/mol. The molecule has 11 heteroatoms. The summed E-state index contributed by atoms with van der Waals surface area (Å²) in [6.07, 6.45) is 0.492. The lowest BCUT2D eigenvalue weighted by Crippen LogP contribution is -2.42. The Morgan fingerprint density at radius 3 is 2.86 bits per heavy atom. The van der Waals surface area contributed by atoms with Gasteiger partial charge in [-0.1, -0.05) is 0 Å². The van der Waals surface area contributed by atoms with Crippen molar-refractivity contribution in [2.45, 2.75) is 44.3 Å². The molecule has 3 atom stereocenters. The predicted octanol–water partition coefficient (Wildman–Crippen LogP) is 3.15. The summed E-state index contributed by atoms with van der Waals surface area (Å²) in [5.41, 5.74) is 0.281. The minimum absolute atomic E-state index is 0.0421. The highest BCUT2D eigenvalue weighted by molar-refractivity contribution is 6.00. The van der Waals surface area contributed by atoms with Crippen molar-refractivity contribution in [3.8, 4) is 0 Å². The number of alkyl halides is 2. The van der Waals surface area contributed by atoms with E-state index < -0.39 is 29.9 Å². The smallest absolute Gasteiger partial charge is 0.255 e. The number of nitrogens with one attached hydrogen (secondary N) is 3. The Morgan fingerprint density at radius 2 is 2.09 bits per heavy atom. The molecule has 4 N–H and O–H groups in total. The number of nitrogens with zero attached hydrogens (tertiary/aromatic N) is 3. The second kappa shape index (κ2) is 10.4. The molecule has 4 rings (SSSR count). The number of hydrogen-bond donors (Lipinski definition) is 4. The van der Waals surface area contributed by atoms with Crippen LogP contribution < -0.4 is 16.0 Å². The van der Waals surface area contributed by atoms with Crippen molar-refractivity contribution >= 4 is 34.3 Å². The molecule has 9 nitrogen and oxygen atoms in total. The average molecular weight is 487 g/mol. The van der Waals surface area contributed by atoms with Gasteiger partial charge in [-0.25, -0.2) is 18.7 Å². The standard InChI is InChI=1S/C24H28F2N6O3/c1-24(2,34)20(26)12-29-23(33)14-11-28-22(10-19(14)30-16-7-9-35-13-15(16)25)32-21-6-5-17-18(31-21)4-3-8-27-17/h3-6,8,10-11,15-16,20,34H,7,9,12-13H2,1-2H3,(H,29,33)(H2,28,30,31,32). The van der Waals surface area contributed by atoms with E-state index in [2.05, 4.69) is 30.9 Å². The molecule has 3 aromatic rings. The Morgan fingerprint density at radius 1 is 1.26 bits per heavy atom. The zero-order valence-electron chi connectivity index (χ0n) is 19.5. The summed E-state index contributed by atoms with van der Waals surface area (Å²) < 4.78 is 33.7. The lowest BCUT2D eigenvalue weighted by Gasteiger charge is -2.28. The molecule has 3 unspecified atom stereocenters. The molecule has 0 spiro atoms. The van der Waals surface area contributed by atoms with Gasteiger partial charge in [0.2, 0.25) is 0 Å². The Labute approximate surface area is 201 Å². The largest absolute Gasteiger partial charge is 0.387 e. The number of fused-ring (bicyclic) bond motifs is 1. The lowest BCUT2D eigenvalue weighted by molar-refractivity contribution is -0.00177. The summed E-state index contributed by atoms with van der Waals surface area (Å²) >= 11 is 0. The van der Waals surface area contributed by atoms with Crippen molar-refractivity contribution in [3.63, 3.8) is 0 Å². The van der Waals surface area contributed by atoms with Gasteiger partial charge in [0, 0.05) is 25.1 Å². The van der Waals surface area contributed by atoms with E-state index in [1.807, 2.05) is 12.1 Å². The quantitative estimate of drug-likeness (QED) is 0.383. The number of pyridine rings is 3. The summed E-state index contributed by atoms with van der Waals surface area (Å²) in [4.78, 5) is 25.9. The number of aromatic nitrogens is 3. The zero-order valence-corrected chi connectivity index (χ0v) is 19.5. The Bertz CT molecular complexity index is 1190. The molecular weight excluding hydrogens is 458 g/mol. The number of hydrogen-bond acceptors (Lipinski definition) is 8. The maximum Gasteiger partial charge on any atom is 0.255 e. The number of anilines is 3. The molecule has 1 fully saturated rings. The highest BCUT2D eigenvalue weighted by Gasteiger charge is 2.29. The second-order valence-electron chi connectivity index (χ2n) is 8.94. The van der Waals surface area contributed by atoms with Gasteiger partial charge in [0.1, 0.15) is 24.0 Å². The maximum atomic E-state index is 14.4. The van der Waals surface area contributed by atoms with E-state index in [4.69, 9.17) is 4.74 Å². The molecule has 0 aliphatic carbocycles. The van der Waals surface area contributed by atoms with Crippen LogP contribution in [0.2, 0.25) is 0 Å². The highest BCUT2D eigenvalue weighted by Crippen LogP contribution is 2.25. The summed E-state index contributed by atoms with van der Waals surface area (Å²) in [7, 11) is 0. The number of amides is 1. The molecule has 0 aromatic carbocycles. The van der Waals surface area contributed by atoms with Crippen LogP contribution in [0.15, 0.2) is 42.7 Å². The number of carbonyl (C=O) groups is 1. The normalized spacial score (nSPS) is 19.2. The molecule has 186 valence electrons. The van der Waals surface area contributed by atoms with Crippen molar-refractivity contribution in [2.75, 3.05) is 30.4 Å². The van der Waals surface area contributed by atoms with Crippen molar-refractivity contribution in [3.05, 3.63) is 48.3 Å². The third-order valence-corrected chi connectivity index (χ3v) is 5.70. The van der Waals surface area contributed by atoms with Crippen molar-refractivity contribution in [1.82, 2.24) is 20.3 Å². The molecule has 4 heterocycles. The summed E-state index contributed by atoms with van der Waals surface area (Å²) in [5.74, 6) is 0.291. The van der Waals surface area contributed by atoms with Gasteiger partial charge in [0.05, 0.1) is 47.1 Å².